The summed E-state index contributed by atoms with van der Waals surface area (Å²) in [5.74, 6) is 0. The maximum Gasteiger partial charge on any atom is 0.217 e. The van der Waals surface area contributed by atoms with Crippen molar-refractivity contribution < 1.29 is 38.5 Å². The molecule has 0 radical (unpaired) electrons. The molecule has 0 saturated carbocycles. The van der Waals surface area contributed by atoms with Crippen LogP contribution in [-0.2, 0) is 14.6 Å². The molecule has 0 bridgehead atoms. The lowest BCUT2D eigenvalue weighted by Gasteiger charge is -2.28. The standard InChI is InChI=1S/2C16H36N.C2H6O4S.ClH/c2*1-5-7-8-9-10-11-12-13-14-15-16-17(3,4)6-2;1-2-6-7(3,4)5;/h2*5-16H2,1-4H3;2H2,1H3,(H,3,4,5);1H/q2*+1;;/p-2. The summed E-state index contributed by atoms with van der Waals surface area (Å²) in [6, 6.07) is 0. The van der Waals surface area contributed by atoms with Crippen LogP contribution in [0.25, 0.3) is 0 Å². The largest absolute Gasteiger partial charge is 1.00 e. The second kappa shape index (κ2) is 34.0. The Morgan fingerprint density at radius 3 is 0.881 bits per heavy atom. The summed E-state index contributed by atoms with van der Waals surface area (Å²) < 4.78 is 34.4. The molecule has 0 aliphatic rings. The van der Waals surface area contributed by atoms with Crippen LogP contribution < -0.4 is 12.4 Å². The maximum atomic E-state index is 9.45. The Morgan fingerprint density at radius 2 is 0.714 bits per heavy atom. The third kappa shape index (κ3) is 47.0. The van der Waals surface area contributed by atoms with Crippen molar-refractivity contribution in [3.8, 4) is 0 Å². The van der Waals surface area contributed by atoms with Gasteiger partial charge in [-0.05, 0) is 46.5 Å². The summed E-state index contributed by atoms with van der Waals surface area (Å²) in [6.45, 7) is 15.7. The molecule has 0 aliphatic heterocycles. The lowest BCUT2D eigenvalue weighted by molar-refractivity contribution is -0.888. The van der Waals surface area contributed by atoms with Crippen molar-refractivity contribution in [1.82, 2.24) is 0 Å². The highest BCUT2D eigenvalue weighted by molar-refractivity contribution is 7.80. The van der Waals surface area contributed by atoms with E-state index in [4.69, 9.17) is 0 Å². The Morgan fingerprint density at radius 1 is 0.476 bits per heavy atom. The van der Waals surface area contributed by atoms with Crippen LogP contribution in [0.3, 0.4) is 0 Å². The highest BCUT2D eigenvalue weighted by atomic mass is 35.5. The van der Waals surface area contributed by atoms with Gasteiger partial charge >= 0.3 is 0 Å². The second-order valence-electron chi connectivity index (χ2n) is 13.1. The summed E-state index contributed by atoms with van der Waals surface area (Å²) in [7, 11) is 4.94. The highest BCUT2D eigenvalue weighted by Crippen LogP contribution is 2.12. The maximum absolute atomic E-state index is 9.45. The summed E-state index contributed by atoms with van der Waals surface area (Å²) in [6.07, 6.45) is 28.9. The molecular weight excluding hydrogens is 568 g/mol. The van der Waals surface area contributed by atoms with Gasteiger partial charge in [0.05, 0.1) is 61.0 Å². The second-order valence-corrected chi connectivity index (χ2v) is 14.2. The van der Waals surface area contributed by atoms with Gasteiger partial charge in [0.25, 0.3) is 0 Å². The quantitative estimate of drug-likeness (QED) is 0.0467. The first-order valence-corrected chi connectivity index (χ1v) is 18.9. The molecule has 0 unspecified atom stereocenters. The number of quaternary nitrogens is 2. The molecule has 0 aromatic rings. The fraction of sp³-hybridized carbons (Fsp3) is 1.00. The highest BCUT2D eigenvalue weighted by Gasteiger charge is 2.10. The molecule has 260 valence electrons. The number of hydrogen-bond donors (Lipinski definition) is 0. The molecular formula is C34H77ClN2O4S. The van der Waals surface area contributed by atoms with Crippen LogP contribution in [0.2, 0.25) is 0 Å². The Hall–Kier alpha value is 0.0800. The third-order valence-corrected chi connectivity index (χ3v) is 8.73. The summed E-state index contributed by atoms with van der Waals surface area (Å²) >= 11 is 0. The summed E-state index contributed by atoms with van der Waals surface area (Å²) in [5.41, 5.74) is 0. The van der Waals surface area contributed by atoms with Crippen molar-refractivity contribution in [2.24, 2.45) is 0 Å². The molecule has 0 aromatic heterocycles. The van der Waals surface area contributed by atoms with E-state index in [0.29, 0.717) is 0 Å². The van der Waals surface area contributed by atoms with Gasteiger partial charge in [-0.25, -0.2) is 8.42 Å². The smallest absolute Gasteiger partial charge is 0.217 e. The summed E-state index contributed by atoms with van der Waals surface area (Å²) in [5, 5.41) is 0. The zero-order valence-corrected chi connectivity index (χ0v) is 31.6. The normalized spacial score (nSPS) is 11.7. The molecule has 0 amide bonds. The Labute approximate surface area is 272 Å². The van der Waals surface area contributed by atoms with Gasteiger partial charge in [-0.3, -0.25) is 4.18 Å². The van der Waals surface area contributed by atoms with E-state index in [1.54, 1.807) is 0 Å². The van der Waals surface area contributed by atoms with Crippen LogP contribution >= 0.6 is 0 Å². The molecule has 0 saturated heterocycles. The van der Waals surface area contributed by atoms with E-state index in [1.807, 2.05) is 0 Å². The van der Waals surface area contributed by atoms with Gasteiger partial charge in [0.2, 0.25) is 10.4 Å². The van der Waals surface area contributed by atoms with E-state index < -0.39 is 10.4 Å². The van der Waals surface area contributed by atoms with Gasteiger partial charge < -0.3 is 25.9 Å². The van der Waals surface area contributed by atoms with Crippen molar-refractivity contribution in [2.75, 3.05) is 61.0 Å². The topological polar surface area (TPSA) is 66.4 Å². The molecule has 0 aromatic carbocycles. The Balaban J connectivity index is -0.000000276. The van der Waals surface area contributed by atoms with Crippen molar-refractivity contribution in [2.45, 2.75) is 163 Å². The first-order valence-electron chi connectivity index (χ1n) is 17.5. The van der Waals surface area contributed by atoms with Gasteiger partial charge in [-0.2, -0.15) is 0 Å². The minimum absolute atomic E-state index is 0. The average molecular weight is 646 g/mol. The molecule has 0 heterocycles. The monoisotopic (exact) mass is 645 g/mol. The predicted molar refractivity (Wildman–Crippen MR) is 180 cm³/mol. The number of halogens is 1. The van der Waals surface area contributed by atoms with Crippen LogP contribution in [0.15, 0.2) is 0 Å². The summed E-state index contributed by atoms with van der Waals surface area (Å²) in [4.78, 5) is 0. The zero-order chi connectivity index (χ0) is 31.9. The van der Waals surface area contributed by atoms with Gasteiger partial charge in [-0.15, -0.1) is 0 Å². The molecule has 6 nitrogen and oxygen atoms in total. The minimum atomic E-state index is -4.42. The fourth-order valence-electron chi connectivity index (χ4n) is 4.52. The number of rotatable bonds is 26. The average Bonchev–Trinajstić information content (AvgIpc) is 2.91. The van der Waals surface area contributed by atoms with E-state index in [9.17, 15) is 13.0 Å². The minimum Gasteiger partial charge on any atom is -1.00 e. The van der Waals surface area contributed by atoms with E-state index >= 15 is 0 Å². The SMILES string of the molecule is CCCCCCCCCCCC[N+](C)(C)CC.CCCCCCCCCCCC[N+](C)(C)CC.CCOS(=O)(=O)[O-].[Cl-]. The first-order chi connectivity index (χ1) is 19.3. The van der Waals surface area contributed by atoms with Gasteiger partial charge in [0, 0.05) is 0 Å². The molecule has 8 heteroatoms. The Bertz CT molecular complexity index is 581. The predicted octanol–water partition coefficient (Wildman–Crippen LogP) is 6.49. The number of nitrogens with zero attached hydrogens (tertiary/aromatic N) is 2. The van der Waals surface area contributed by atoms with Gasteiger partial charge in [-0.1, -0.05) is 117 Å². The van der Waals surface area contributed by atoms with Gasteiger partial charge in [0.1, 0.15) is 0 Å². The lowest BCUT2D eigenvalue weighted by atomic mass is 10.1. The van der Waals surface area contributed by atoms with Crippen molar-refractivity contribution in [3.05, 3.63) is 0 Å². The Kier molecular flexibility index (Phi) is 39.6. The first kappa shape index (κ1) is 49.0. The van der Waals surface area contributed by atoms with Crippen LogP contribution in [0.4, 0.5) is 0 Å². The van der Waals surface area contributed by atoms with E-state index in [2.05, 4.69) is 60.1 Å². The van der Waals surface area contributed by atoms with Crippen LogP contribution in [0, 0.1) is 0 Å². The molecule has 42 heavy (non-hydrogen) atoms. The van der Waals surface area contributed by atoms with Crippen molar-refractivity contribution in [1.29, 1.82) is 0 Å². The van der Waals surface area contributed by atoms with Crippen LogP contribution in [0.1, 0.15) is 163 Å². The molecule has 0 atom stereocenters. The van der Waals surface area contributed by atoms with E-state index in [-0.39, 0.29) is 19.0 Å². The van der Waals surface area contributed by atoms with E-state index in [0.717, 1.165) is 0 Å². The van der Waals surface area contributed by atoms with Crippen molar-refractivity contribution >= 4 is 10.4 Å². The van der Waals surface area contributed by atoms with E-state index in [1.165, 1.54) is 170 Å². The molecule has 0 spiro atoms. The molecule has 0 N–H and O–H groups in total. The molecule has 0 rings (SSSR count). The number of unbranched alkanes of at least 4 members (excludes halogenated alkanes) is 18. The van der Waals surface area contributed by atoms with Crippen molar-refractivity contribution in [3.63, 3.8) is 0 Å². The third-order valence-electron chi connectivity index (χ3n) is 8.21. The molecule has 0 fully saturated rings. The van der Waals surface area contributed by atoms with Gasteiger partial charge in [0.15, 0.2) is 0 Å². The zero-order valence-electron chi connectivity index (χ0n) is 30.0. The number of hydrogen-bond acceptors (Lipinski definition) is 4. The van der Waals surface area contributed by atoms with Crippen LogP contribution in [0.5, 0.6) is 0 Å². The lowest BCUT2D eigenvalue weighted by Crippen LogP contribution is -3.00. The molecule has 0 aliphatic carbocycles. The fourth-order valence-corrected chi connectivity index (χ4v) is 4.80. The van der Waals surface area contributed by atoms with Crippen LogP contribution in [-0.4, -0.2) is 82.9 Å².